The molecule has 0 spiro atoms. The fourth-order valence-corrected chi connectivity index (χ4v) is 2.02. The van der Waals surface area contributed by atoms with Crippen LogP contribution in [0.2, 0.25) is 0 Å². The number of nitrogens with two attached hydrogens (primary N) is 1. The van der Waals surface area contributed by atoms with E-state index < -0.39 is 11.6 Å². The molecule has 0 heterocycles. The van der Waals surface area contributed by atoms with E-state index in [0.717, 1.165) is 32.6 Å². The fourth-order valence-electron chi connectivity index (χ4n) is 2.02. The first-order valence-corrected chi connectivity index (χ1v) is 7.04. The Labute approximate surface area is 125 Å². The van der Waals surface area contributed by atoms with E-state index in [-0.39, 0.29) is 23.9 Å². The van der Waals surface area contributed by atoms with Crippen molar-refractivity contribution in [1.29, 1.82) is 5.41 Å². The summed E-state index contributed by atoms with van der Waals surface area (Å²) in [7, 11) is 0. The van der Waals surface area contributed by atoms with Crippen LogP contribution in [-0.2, 0) is 9.53 Å². The predicted molar refractivity (Wildman–Crippen MR) is 80.3 cm³/mol. The van der Waals surface area contributed by atoms with Crippen LogP contribution in [0.25, 0.3) is 0 Å². The predicted octanol–water partition coefficient (Wildman–Crippen LogP) is 2.10. The summed E-state index contributed by atoms with van der Waals surface area (Å²) in [5, 5.41) is 17.7. The van der Waals surface area contributed by atoms with E-state index in [1.807, 2.05) is 20.8 Å². The van der Waals surface area contributed by atoms with Crippen LogP contribution >= 0.6 is 0 Å². The number of carbonyl (C=O) groups is 2. The van der Waals surface area contributed by atoms with Gasteiger partial charge in [-0.05, 0) is 46.5 Å². The number of aliphatic carboxylic acids is 1. The van der Waals surface area contributed by atoms with E-state index >= 15 is 0 Å². The van der Waals surface area contributed by atoms with Crippen molar-refractivity contribution in [2.75, 3.05) is 0 Å². The Hall–Kier alpha value is -1.79. The summed E-state index contributed by atoms with van der Waals surface area (Å²) in [5.41, 5.74) is 5.01. The standard InChI is InChI=1S/C12H23N3O2.C2H4O2/c1-12(2,3)17-11(16)15-9-6-4-8(5-7-9)10(13)14;1-2(3)4/h8-9H,4-7H2,1-3H3,(H3,13,14)(H,15,16);1H3,(H,3,4). The maximum Gasteiger partial charge on any atom is 0.407 e. The van der Waals surface area contributed by atoms with Crippen molar-refractivity contribution in [2.24, 2.45) is 11.7 Å². The Morgan fingerprint density at radius 1 is 1.24 bits per heavy atom. The second kappa shape index (κ2) is 8.49. The molecule has 1 aliphatic rings. The molecule has 0 aromatic carbocycles. The van der Waals surface area contributed by atoms with Crippen molar-refractivity contribution in [1.82, 2.24) is 5.32 Å². The lowest BCUT2D eigenvalue weighted by Gasteiger charge is -2.29. The molecule has 0 bridgehead atoms. The summed E-state index contributed by atoms with van der Waals surface area (Å²) in [6, 6.07) is 0.153. The van der Waals surface area contributed by atoms with Gasteiger partial charge in [-0.15, -0.1) is 0 Å². The number of carbonyl (C=O) groups excluding carboxylic acids is 1. The van der Waals surface area contributed by atoms with Gasteiger partial charge in [-0.25, -0.2) is 4.79 Å². The van der Waals surface area contributed by atoms with E-state index in [9.17, 15) is 4.79 Å². The second-order valence-electron chi connectivity index (χ2n) is 6.17. The van der Waals surface area contributed by atoms with Gasteiger partial charge in [-0.2, -0.15) is 0 Å². The molecule has 0 aromatic heterocycles. The molecular weight excluding hydrogens is 274 g/mol. The number of amides is 1. The number of carboxylic acid groups (broad SMARTS) is 1. The van der Waals surface area contributed by atoms with Gasteiger partial charge in [0.25, 0.3) is 5.97 Å². The molecule has 0 unspecified atom stereocenters. The molecule has 0 aliphatic heterocycles. The minimum Gasteiger partial charge on any atom is -0.481 e. The average molecular weight is 301 g/mol. The van der Waals surface area contributed by atoms with Gasteiger partial charge >= 0.3 is 6.09 Å². The molecule has 0 atom stereocenters. The zero-order valence-corrected chi connectivity index (χ0v) is 13.2. The van der Waals surface area contributed by atoms with Crippen molar-refractivity contribution < 1.29 is 19.4 Å². The molecule has 0 saturated heterocycles. The molecule has 1 rings (SSSR count). The third-order valence-electron chi connectivity index (χ3n) is 2.89. The minimum atomic E-state index is -0.833. The van der Waals surface area contributed by atoms with Crippen LogP contribution in [0.5, 0.6) is 0 Å². The van der Waals surface area contributed by atoms with Crippen LogP contribution < -0.4 is 11.1 Å². The summed E-state index contributed by atoms with van der Waals surface area (Å²) >= 11 is 0. The zero-order valence-electron chi connectivity index (χ0n) is 13.2. The number of rotatable bonds is 2. The first kappa shape index (κ1) is 19.2. The van der Waals surface area contributed by atoms with E-state index in [1.165, 1.54) is 0 Å². The van der Waals surface area contributed by atoms with Crippen LogP contribution in [0.1, 0.15) is 53.4 Å². The highest BCUT2D eigenvalue weighted by Gasteiger charge is 2.25. The highest BCUT2D eigenvalue weighted by atomic mass is 16.6. The van der Waals surface area contributed by atoms with Crippen molar-refractivity contribution >= 4 is 17.9 Å². The van der Waals surface area contributed by atoms with Crippen molar-refractivity contribution in [3.8, 4) is 0 Å². The Morgan fingerprint density at radius 2 is 1.67 bits per heavy atom. The van der Waals surface area contributed by atoms with Gasteiger partial charge < -0.3 is 20.9 Å². The summed E-state index contributed by atoms with van der Waals surface area (Å²) < 4.78 is 5.20. The summed E-state index contributed by atoms with van der Waals surface area (Å²) in [6.45, 7) is 6.62. The van der Waals surface area contributed by atoms with Crippen LogP contribution in [0.15, 0.2) is 0 Å². The van der Waals surface area contributed by atoms with Crippen LogP contribution in [0.3, 0.4) is 0 Å². The van der Waals surface area contributed by atoms with Gasteiger partial charge in [0.2, 0.25) is 0 Å². The normalized spacial score (nSPS) is 21.5. The van der Waals surface area contributed by atoms with Gasteiger partial charge in [0.15, 0.2) is 0 Å². The lowest BCUT2D eigenvalue weighted by Crippen LogP contribution is -2.42. The third-order valence-corrected chi connectivity index (χ3v) is 2.89. The van der Waals surface area contributed by atoms with E-state index in [1.54, 1.807) is 0 Å². The highest BCUT2D eigenvalue weighted by molar-refractivity contribution is 5.79. The quantitative estimate of drug-likeness (QED) is 0.459. The number of ether oxygens (including phenoxy) is 1. The van der Waals surface area contributed by atoms with E-state index in [4.69, 9.17) is 25.8 Å². The van der Waals surface area contributed by atoms with Gasteiger partial charge in [0.1, 0.15) is 5.60 Å². The summed E-state index contributed by atoms with van der Waals surface area (Å²) in [4.78, 5) is 20.5. The number of hydrogen-bond donors (Lipinski definition) is 4. The maximum atomic E-state index is 11.5. The molecule has 0 aromatic rings. The molecule has 0 radical (unpaired) electrons. The van der Waals surface area contributed by atoms with Gasteiger partial charge in [0.05, 0.1) is 5.84 Å². The molecule has 1 fully saturated rings. The molecule has 7 heteroatoms. The van der Waals surface area contributed by atoms with E-state index in [0.29, 0.717) is 0 Å². The largest absolute Gasteiger partial charge is 0.481 e. The van der Waals surface area contributed by atoms with Crippen LogP contribution in [0, 0.1) is 11.3 Å². The van der Waals surface area contributed by atoms with Crippen LogP contribution in [-0.4, -0.2) is 34.6 Å². The highest BCUT2D eigenvalue weighted by Crippen LogP contribution is 2.24. The number of carboxylic acids is 1. The lowest BCUT2D eigenvalue weighted by molar-refractivity contribution is -0.134. The first-order chi connectivity index (χ1) is 9.51. The Kier molecular flexibility index (Phi) is 7.76. The van der Waals surface area contributed by atoms with E-state index in [2.05, 4.69) is 5.32 Å². The average Bonchev–Trinajstić information content (AvgIpc) is 2.25. The molecule has 1 aliphatic carbocycles. The van der Waals surface area contributed by atoms with Gasteiger partial charge in [-0.3, -0.25) is 10.2 Å². The van der Waals surface area contributed by atoms with Gasteiger partial charge in [-0.1, -0.05) is 0 Å². The van der Waals surface area contributed by atoms with Crippen molar-refractivity contribution in [3.05, 3.63) is 0 Å². The minimum absolute atomic E-state index is 0.153. The third kappa shape index (κ3) is 10.6. The molecule has 21 heavy (non-hydrogen) atoms. The van der Waals surface area contributed by atoms with Crippen molar-refractivity contribution in [2.45, 2.75) is 65.0 Å². The number of hydrogen-bond acceptors (Lipinski definition) is 4. The van der Waals surface area contributed by atoms with Gasteiger partial charge in [0, 0.05) is 18.9 Å². The SMILES string of the molecule is CC(=O)O.CC(C)(C)OC(=O)NC1CCC(C(=N)N)CC1. The Morgan fingerprint density at radius 3 is 2.00 bits per heavy atom. The molecular formula is C14H27N3O4. The molecule has 1 saturated carbocycles. The number of amidine groups is 1. The molecule has 122 valence electrons. The Bertz CT molecular complexity index is 365. The zero-order chi connectivity index (χ0) is 16.6. The Balaban J connectivity index is 0.000000885. The lowest BCUT2D eigenvalue weighted by atomic mass is 9.85. The number of alkyl carbamates (subject to hydrolysis) is 1. The molecule has 1 amide bonds. The molecule has 7 nitrogen and oxygen atoms in total. The summed E-state index contributed by atoms with van der Waals surface area (Å²) in [5.74, 6) is -0.382. The maximum absolute atomic E-state index is 11.5. The summed E-state index contributed by atoms with van der Waals surface area (Å²) in [6.07, 6.45) is 3.11. The first-order valence-electron chi connectivity index (χ1n) is 7.04. The van der Waals surface area contributed by atoms with Crippen molar-refractivity contribution in [3.63, 3.8) is 0 Å². The number of nitrogens with one attached hydrogen (secondary N) is 2. The molecule has 5 N–H and O–H groups in total. The monoisotopic (exact) mass is 301 g/mol. The fraction of sp³-hybridized carbons (Fsp3) is 0.786. The van der Waals surface area contributed by atoms with Crippen LogP contribution in [0.4, 0.5) is 4.79 Å². The topological polar surface area (TPSA) is 125 Å². The second-order valence-corrected chi connectivity index (χ2v) is 6.17. The smallest absolute Gasteiger partial charge is 0.407 e.